The van der Waals surface area contributed by atoms with E-state index < -0.39 is 24.2 Å². The summed E-state index contributed by atoms with van der Waals surface area (Å²) < 4.78 is 31.1. The minimum atomic E-state index is -2.85. The summed E-state index contributed by atoms with van der Waals surface area (Å²) in [6.07, 6.45) is 1.71. The van der Waals surface area contributed by atoms with Crippen LogP contribution in [0.3, 0.4) is 0 Å². The molecule has 8 nitrogen and oxygen atoms in total. The Morgan fingerprint density at radius 2 is 2.08 bits per heavy atom. The molecular weight excluding hydrogens is 346 g/mol. The van der Waals surface area contributed by atoms with Gasteiger partial charge >= 0.3 is 6.09 Å². The van der Waals surface area contributed by atoms with E-state index in [2.05, 4.69) is 25.6 Å². The van der Waals surface area contributed by atoms with E-state index in [9.17, 15) is 13.6 Å². The van der Waals surface area contributed by atoms with E-state index in [1.165, 1.54) is 6.33 Å². The van der Waals surface area contributed by atoms with Crippen molar-refractivity contribution in [3.63, 3.8) is 0 Å². The Kier molecular flexibility index (Phi) is 6.14. The first-order valence-corrected chi connectivity index (χ1v) is 8.54. The van der Waals surface area contributed by atoms with E-state index in [-0.39, 0.29) is 11.9 Å². The second-order valence-electron chi connectivity index (χ2n) is 7.52. The lowest BCUT2D eigenvalue weighted by Gasteiger charge is -2.21. The van der Waals surface area contributed by atoms with Gasteiger partial charge in [-0.05, 0) is 33.1 Å². The number of ether oxygens (including phenoxy) is 1. The first-order chi connectivity index (χ1) is 12.0. The number of alkyl halides is 2. The fourth-order valence-electron chi connectivity index (χ4n) is 2.48. The maximum atomic E-state index is 12.9. The zero-order valence-electron chi connectivity index (χ0n) is 15.6. The lowest BCUT2D eigenvalue weighted by molar-refractivity contribution is 0.0365. The van der Waals surface area contributed by atoms with Crippen molar-refractivity contribution in [1.29, 1.82) is 0 Å². The van der Waals surface area contributed by atoms with Crippen molar-refractivity contribution in [2.45, 2.75) is 45.6 Å². The first kappa shape index (κ1) is 20.1. The molecule has 1 aromatic rings. The molecule has 0 aliphatic carbocycles. The lowest BCUT2D eigenvalue weighted by Crippen LogP contribution is -2.36. The Morgan fingerprint density at radius 1 is 1.35 bits per heavy atom. The number of anilines is 2. The highest BCUT2D eigenvalue weighted by Gasteiger charge is 2.26. The van der Waals surface area contributed by atoms with E-state index in [1.807, 2.05) is 25.7 Å². The molecule has 146 valence electrons. The minimum Gasteiger partial charge on any atom is -0.444 e. The van der Waals surface area contributed by atoms with Crippen LogP contribution in [0.1, 0.15) is 34.1 Å². The van der Waals surface area contributed by atoms with Gasteiger partial charge in [-0.3, -0.25) is 0 Å². The summed E-state index contributed by atoms with van der Waals surface area (Å²) >= 11 is 0. The highest BCUT2D eigenvalue weighted by molar-refractivity contribution is 5.67. The fraction of sp³-hybridized carbons (Fsp3) is 0.750. The molecule has 26 heavy (non-hydrogen) atoms. The molecule has 1 amide bonds. The number of nitrogens with one attached hydrogen (secondary N) is 2. The van der Waals surface area contributed by atoms with E-state index in [0.717, 1.165) is 13.3 Å². The second kappa shape index (κ2) is 7.96. The molecule has 1 atom stereocenters. The SMILES string of the molecule is CC(F)(F)CNc1ncnc(N2CC[C@H](CNC(=O)OC(C)(C)C)C2)n1. The van der Waals surface area contributed by atoms with Gasteiger partial charge in [0.05, 0.1) is 6.54 Å². The summed E-state index contributed by atoms with van der Waals surface area (Å²) in [5.74, 6) is -2.07. The number of alkyl carbamates (subject to hydrolysis) is 1. The van der Waals surface area contributed by atoms with E-state index >= 15 is 0 Å². The maximum Gasteiger partial charge on any atom is 0.407 e. The van der Waals surface area contributed by atoms with Gasteiger partial charge in [-0.25, -0.2) is 23.5 Å². The van der Waals surface area contributed by atoms with Crippen LogP contribution in [0.15, 0.2) is 6.33 Å². The van der Waals surface area contributed by atoms with E-state index in [0.29, 0.717) is 25.6 Å². The number of rotatable bonds is 6. The van der Waals surface area contributed by atoms with Gasteiger partial charge in [0.25, 0.3) is 5.92 Å². The molecule has 2 rings (SSSR count). The highest BCUT2D eigenvalue weighted by atomic mass is 19.3. The van der Waals surface area contributed by atoms with Crippen molar-refractivity contribution < 1.29 is 18.3 Å². The molecule has 0 radical (unpaired) electrons. The van der Waals surface area contributed by atoms with Gasteiger partial charge in [0.15, 0.2) is 0 Å². The van der Waals surface area contributed by atoms with Gasteiger partial charge in [0.1, 0.15) is 11.9 Å². The van der Waals surface area contributed by atoms with Crippen LogP contribution in [-0.4, -0.2) is 58.7 Å². The Bertz CT molecular complexity index is 617. The molecule has 0 aromatic carbocycles. The normalized spacial score (nSPS) is 17.9. The number of amides is 1. The van der Waals surface area contributed by atoms with Crippen molar-refractivity contribution in [3.8, 4) is 0 Å². The maximum absolute atomic E-state index is 12.9. The number of hydrogen-bond acceptors (Lipinski definition) is 7. The molecule has 2 heterocycles. The molecule has 10 heteroatoms. The molecule has 1 aromatic heterocycles. The molecule has 1 saturated heterocycles. The molecule has 0 saturated carbocycles. The molecule has 2 N–H and O–H groups in total. The average molecular weight is 372 g/mol. The second-order valence-corrected chi connectivity index (χ2v) is 7.52. The van der Waals surface area contributed by atoms with Gasteiger partial charge in [-0.2, -0.15) is 4.98 Å². The number of carbonyl (C=O) groups excluding carboxylic acids is 1. The fourth-order valence-corrected chi connectivity index (χ4v) is 2.48. The van der Waals surface area contributed by atoms with Gasteiger partial charge in [0.2, 0.25) is 11.9 Å². The molecular formula is C16H26F2N6O2. The van der Waals surface area contributed by atoms with Crippen LogP contribution in [0.4, 0.5) is 25.5 Å². The molecule has 0 bridgehead atoms. The Morgan fingerprint density at radius 3 is 2.73 bits per heavy atom. The van der Waals surface area contributed by atoms with E-state index in [1.54, 1.807) is 0 Å². The largest absolute Gasteiger partial charge is 0.444 e. The number of carbonyl (C=O) groups is 1. The summed E-state index contributed by atoms with van der Waals surface area (Å²) in [4.78, 5) is 25.8. The third kappa shape index (κ3) is 6.93. The molecule has 1 fully saturated rings. The van der Waals surface area contributed by atoms with Gasteiger partial charge in [0, 0.05) is 26.6 Å². The zero-order valence-corrected chi connectivity index (χ0v) is 15.6. The summed E-state index contributed by atoms with van der Waals surface area (Å²) in [6.45, 7) is 7.57. The van der Waals surface area contributed by atoms with Crippen LogP contribution in [0.25, 0.3) is 0 Å². The van der Waals surface area contributed by atoms with Crippen molar-refractivity contribution in [2.24, 2.45) is 5.92 Å². The molecule has 1 aliphatic rings. The number of nitrogens with zero attached hydrogens (tertiary/aromatic N) is 4. The topological polar surface area (TPSA) is 92.3 Å². The molecule has 1 aliphatic heterocycles. The van der Waals surface area contributed by atoms with Crippen molar-refractivity contribution in [3.05, 3.63) is 6.33 Å². The zero-order chi connectivity index (χ0) is 19.4. The van der Waals surface area contributed by atoms with Gasteiger partial charge in [-0.1, -0.05) is 0 Å². The smallest absolute Gasteiger partial charge is 0.407 e. The number of hydrogen-bond donors (Lipinski definition) is 2. The van der Waals surface area contributed by atoms with Crippen molar-refractivity contribution in [2.75, 3.05) is 36.4 Å². The third-order valence-corrected chi connectivity index (χ3v) is 3.62. The summed E-state index contributed by atoms with van der Waals surface area (Å²) in [5, 5.41) is 5.27. The van der Waals surface area contributed by atoms with Crippen LogP contribution in [0.5, 0.6) is 0 Å². The highest BCUT2D eigenvalue weighted by Crippen LogP contribution is 2.21. The predicted octanol–water partition coefficient (Wildman–Crippen LogP) is 2.29. The summed E-state index contributed by atoms with van der Waals surface area (Å²) in [6, 6.07) is 0. The number of aromatic nitrogens is 3. The van der Waals surface area contributed by atoms with Crippen molar-refractivity contribution in [1.82, 2.24) is 20.3 Å². The Hall–Kier alpha value is -2.26. The molecule has 0 unspecified atom stereocenters. The lowest BCUT2D eigenvalue weighted by atomic mass is 10.1. The van der Waals surface area contributed by atoms with Gasteiger partial charge in [-0.15, -0.1) is 0 Å². The standard InChI is InChI=1S/C16H26F2N6O2/c1-15(2,3)26-14(25)19-7-11-5-6-24(8-11)13-22-10-21-12(23-13)20-9-16(4,17)18/h10-11H,5-9H2,1-4H3,(H,19,25)(H,20,21,22,23)/t11-/m1/s1. The third-order valence-electron chi connectivity index (χ3n) is 3.62. The van der Waals surface area contributed by atoms with E-state index in [4.69, 9.17) is 4.74 Å². The van der Waals surface area contributed by atoms with Crippen LogP contribution in [-0.2, 0) is 4.74 Å². The Balaban J connectivity index is 1.83. The average Bonchev–Trinajstić information content (AvgIpc) is 2.98. The van der Waals surface area contributed by atoms with Crippen LogP contribution in [0, 0.1) is 5.92 Å². The van der Waals surface area contributed by atoms with Crippen LogP contribution < -0.4 is 15.5 Å². The summed E-state index contributed by atoms with van der Waals surface area (Å²) in [5.41, 5.74) is -0.532. The molecule has 0 spiro atoms. The number of halogens is 2. The van der Waals surface area contributed by atoms with Crippen LogP contribution in [0.2, 0.25) is 0 Å². The monoisotopic (exact) mass is 372 g/mol. The minimum absolute atomic E-state index is 0.117. The van der Waals surface area contributed by atoms with Crippen LogP contribution >= 0.6 is 0 Å². The first-order valence-electron chi connectivity index (χ1n) is 8.54. The van der Waals surface area contributed by atoms with Crippen molar-refractivity contribution >= 4 is 18.0 Å². The summed E-state index contributed by atoms with van der Waals surface area (Å²) in [7, 11) is 0. The Labute approximate surface area is 151 Å². The van der Waals surface area contributed by atoms with Gasteiger partial charge < -0.3 is 20.3 Å². The quantitative estimate of drug-likeness (QED) is 0.791. The predicted molar refractivity (Wildman–Crippen MR) is 93.5 cm³/mol.